The van der Waals surface area contributed by atoms with Gasteiger partial charge in [0.1, 0.15) is 12.4 Å². The summed E-state index contributed by atoms with van der Waals surface area (Å²) in [6.07, 6.45) is 0.805. The summed E-state index contributed by atoms with van der Waals surface area (Å²) in [6.45, 7) is 2.29. The Bertz CT molecular complexity index is 477. The van der Waals surface area contributed by atoms with Gasteiger partial charge < -0.3 is 21.0 Å². The summed E-state index contributed by atoms with van der Waals surface area (Å²) >= 11 is 0. The second kappa shape index (κ2) is 7.32. The average molecular weight is 269 g/mol. The van der Waals surface area contributed by atoms with E-state index in [1.54, 1.807) is 0 Å². The zero-order valence-corrected chi connectivity index (χ0v) is 10.5. The van der Waals surface area contributed by atoms with Crippen LogP contribution in [0.5, 0.6) is 0 Å². The molecule has 0 atom stereocenters. The number of rotatable bonds is 6. The molecule has 0 bridgehead atoms. The monoisotopic (exact) mass is 269 g/mol. The molecule has 0 spiro atoms. The Morgan fingerprint density at radius 1 is 1.58 bits per heavy atom. The van der Waals surface area contributed by atoms with Crippen molar-refractivity contribution in [1.29, 1.82) is 0 Å². The third-order valence-corrected chi connectivity index (χ3v) is 2.22. The predicted octanol–water partition coefficient (Wildman–Crippen LogP) is 1.29. The minimum atomic E-state index is -0.554. The van der Waals surface area contributed by atoms with Crippen LogP contribution in [0.1, 0.15) is 18.9 Å². The summed E-state index contributed by atoms with van der Waals surface area (Å²) in [5.41, 5.74) is 5.77. The number of halogens is 1. The van der Waals surface area contributed by atoms with Gasteiger partial charge in [-0.25, -0.2) is 4.39 Å². The molecule has 1 aromatic rings. The number of anilines is 1. The van der Waals surface area contributed by atoms with Crippen LogP contribution in [-0.2, 0) is 9.53 Å². The number of benzene rings is 1. The van der Waals surface area contributed by atoms with E-state index in [0.717, 1.165) is 18.6 Å². The van der Waals surface area contributed by atoms with Crippen molar-refractivity contribution in [2.24, 2.45) is 10.9 Å². The number of oxime groups is 1. The molecule has 7 heteroatoms. The number of hydrogen-bond donors (Lipinski definition) is 3. The molecule has 4 N–H and O–H groups in total. The summed E-state index contributed by atoms with van der Waals surface area (Å²) < 4.78 is 18.2. The van der Waals surface area contributed by atoms with E-state index in [2.05, 4.69) is 10.5 Å². The van der Waals surface area contributed by atoms with Crippen molar-refractivity contribution in [3.63, 3.8) is 0 Å². The van der Waals surface area contributed by atoms with E-state index < -0.39 is 11.7 Å². The molecule has 0 heterocycles. The van der Waals surface area contributed by atoms with Crippen molar-refractivity contribution in [2.45, 2.75) is 13.3 Å². The lowest BCUT2D eigenvalue weighted by molar-refractivity contribution is -0.120. The molecular weight excluding hydrogens is 253 g/mol. The smallest absolute Gasteiger partial charge is 0.250 e. The Hall–Kier alpha value is -2.15. The summed E-state index contributed by atoms with van der Waals surface area (Å²) in [5, 5.41) is 13.9. The van der Waals surface area contributed by atoms with Gasteiger partial charge in [0.05, 0.1) is 5.69 Å². The molecule has 1 rings (SSSR count). The molecule has 104 valence electrons. The highest BCUT2D eigenvalue weighted by molar-refractivity contribution is 6.05. The third kappa shape index (κ3) is 4.55. The van der Waals surface area contributed by atoms with Crippen molar-refractivity contribution in [1.82, 2.24) is 0 Å². The minimum Gasteiger partial charge on any atom is -0.409 e. The Labute approximate surface area is 110 Å². The molecule has 0 aliphatic heterocycles. The fraction of sp³-hybridized carbons (Fsp3) is 0.333. The van der Waals surface area contributed by atoms with Gasteiger partial charge in [0.15, 0.2) is 5.84 Å². The van der Waals surface area contributed by atoms with E-state index in [4.69, 9.17) is 15.7 Å². The maximum absolute atomic E-state index is 13.1. The first-order valence-corrected chi connectivity index (χ1v) is 5.73. The third-order valence-electron chi connectivity index (χ3n) is 2.22. The lowest BCUT2D eigenvalue weighted by atomic mass is 10.1. The Kier molecular flexibility index (Phi) is 5.74. The Morgan fingerprint density at radius 3 is 2.95 bits per heavy atom. The van der Waals surface area contributed by atoms with E-state index in [1.807, 2.05) is 6.92 Å². The van der Waals surface area contributed by atoms with Crippen LogP contribution in [0.25, 0.3) is 0 Å². The standard InChI is InChI=1S/C12H16FN3O3/c1-2-5-19-7-11(17)15-10-4-3-8(13)6-9(10)12(14)16-18/h3-4,6,18H,2,5,7H2,1H3,(H2,14,16)(H,15,17). The topological polar surface area (TPSA) is 96.9 Å². The molecule has 0 fully saturated rings. The van der Waals surface area contributed by atoms with E-state index >= 15 is 0 Å². The van der Waals surface area contributed by atoms with Crippen molar-refractivity contribution < 1.29 is 19.1 Å². The van der Waals surface area contributed by atoms with Crippen LogP contribution < -0.4 is 11.1 Å². The lowest BCUT2D eigenvalue weighted by Crippen LogP contribution is -2.22. The number of hydrogen-bond acceptors (Lipinski definition) is 4. The van der Waals surface area contributed by atoms with Gasteiger partial charge in [-0.3, -0.25) is 4.79 Å². The van der Waals surface area contributed by atoms with Gasteiger partial charge in [-0.2, -0.15) is 0 Å². The largest absolute Gasteiger partial charge is 0.409 e. The molecule has 0 aliphatic carbocycles. The highest BCUT2D eigenvalue weighted by Crippen LogP contribution is 2.16. The fourth-order valence-electron chi connectivity index (χ4n) is 1.39. The zero-order chi connectivity index (χ0) is 14.3. The molecule has 0 unspecified atom stereocenters. The van der Waals surface area contributed by atoms with Crippen LogP contribution >= 0.6 is 0 Å². The molecular formula is C12H16FN3O3. The first kappa shape index (κ1) is 14.9. The SMILES string of the molecule is CCCOCC(=O)Nc1ccc(F)cc1/C(N)=N/O. The number of carbonyl (C=O) groups excluding carboxylic acids is 1. The van der Waals surface area contributed by atoms with Crippen LogP contribution in [0.3, 0.4) is 0 Å². The van der Waals surface area contributed by atoms with Gasteiger partial charge >= 0.3 is 0 Å². The predicted molar refractivity (Wildman–Crippen MR) is 68.7 cm³/mol. The van der Waals surface area contributed by atoms with Crippen molar-refractivity contribution in [3.05, 3.63) is 29.6 Å². The highest BCUT2D eigenvalue weighted by Gasteiger charge is 2.11. The molecule has 0 aliphatic rings. The van der Waals surface area contributed by atoms with Gasteiger partial charge in [0.25, 0.3) is 0 Å². The number of nitrogens with one attached hydrogen (secondary N) is 1. The molecule has 0 radical (unpaired) electrons. The van der Waals surface area contributed by atoms with Gasteiger partial charge in [-0.15, -0.1) is 0 Å². The Morgan fingerprint density at radius 2 is 2.32 bits per heavy atom. The van der Waals surface area contributed by atoms with Crippen molar-refractivity contribution in [3.8, 4) is 0 Å². The van der Waals surface area contributed by atoms with Gasteiger partial charge in [-0.05, 0) is 24.6 Å². The minimum absolute atomic E-state index is 0.103. The van der Waals surface area contributed by atoms with Gasteiger partial charge in [0.2, 0.25) is 5.91 Å². The van der Waals surface area contributed by atoms with Crippen LogP contribution in [0, 0.1) is 5.82 Å². The first-order chi connectivity index (χ1) is 9.08. The van der Waals surface area contributed by atoms with Crippen molar-refractivity contribution in [2.75, 3.05) is 18.5 Å². The molecule has 1 amide bonds. The number of carbonyl (C=O) groups is 1. The molecule has 6 nitrogen and oxygen atoms in total. The van der Waals surface area contributed by atoms with E-state index in [1.165, 1.54) is 6.07 Å². The number of nitrogens with two attached hydrogens (primary N) is 1. The molecule has 19 heavy (non-hydrogen) atoms. The van der Waals surface area contributed by atoms with Crippen molar-refractivity contribution >= 4 is 17.4 Å². The number of amides is 1. The number of ether oxygens (including phenoxy) is 1. The molecule has 1 aromatic carbocycles. The zero-order valence-electron chi connectivity index (χ0n) is 10.5. The van der Waals surface area contributed by atoms with Crippen LogP contribution in [0.15, 0.2) is 23.4 Å². The van der Waals surface area contributed by atoms with E-state index in [-0.39, 0.29) is 23.7 Å². The summed E-state index contributed by atoms with van der Waals surface area (Å²) in [7, 11) is 0. The highest BCUT2D eigenvalue weighted by atomic mass is 19.1. The summed E-state index contributed by atoms with van der Waals surface area (Å²) in [5.74, 6) is -1.24. The maximum Gasteiger partial charge on any atom is 0.250 e. The van der Waals surface area contributed by atoms with Crippen LogP contribution in [-0.4, -0.2) is 30.2 Å². The summed E-state index contributed by atoms with van der Waals surface area (Å²) in [4.78, 5) is 11.6. The molecule has 0 saturated carbocycles. The van der Waals surface area contributed by atoms with Crippen LogP contribution in [0.2, 0.25) is 0 Å². The normalized spacial score (nSPS) is 11.4. The molecule has 0 aromatic heterocycles. The van der Waals surface area contributed by atoms with Gasteiger partial charge in [0, 0.05) is 12.2 Å². The number of nitrogens with zero attached hydrogens (tertiary/aromatic N) is 1. The number of amidine groups is 1. The first-order valence-electron chi connectivity index (χ1n) is 5.73. The maximum atomic E-state index is 13.1. The van der Waals surface area contributed by atoms with E-state index in [0.29, 0.717) is 6.61 Å². The van der Waals surface area contributed by atoms with E-state index in [9.17, 15) is 9.18 Å². The second-order valence-electron chi connectivity index (χ2n) is 3.78. The average Bonchev–Trinajstić information content (AvgIpc) is 2.40. The Balaban J connectivity index is 2.80. The van der Waals surface area contributed by atoms with Gasteiger partial charge in [-0.1, -0.05) is 12.1 Å². The lowest BCUT2D eigenvalue weighted by Gasteiger charge is -2.10. The molecule has 0 saturated heterocycles. The quantitative estimate of drug-likeness (QED) is 0.238. The fourth-order valence-corrected chi connectivity index (χ4v) is 1.39. The second-order valence-corrected chi connectivity index (χ2v) is 3.78. The summed E-state index contributed by atoms with van der Waals surface area (Å²) in [6, 6.07) is 3.56. The van der Waals surface area contributed by atoms with Crippen LogP contribution in [0.4, 0.5) is 10.1 Å².